The highest BCUT2D eigenvalue weighted by Gasteiger charge is 2.70. The van der Waals surface area contributed by atoms with E-state index in [1.54, 1.807) is 0 Å². The molecule has 5 aliphatic rings. The Balaban J connectivity index is 1.62. The van der Waals surface area contributed by atoms with Crippen LogP contribution in [-0.4, -0.2) is 23.0 Å². The van der Waals surface area contributed by atoms with Crippen molar-refractivity contribution >= 4 is 11.8 Å². The number of aliphatic hydroxyl groups excluding tert-OH is 1. The molecule has 0 bridgehead atoms. The highest BCUT2D eigenvalue weighted by molar-refractivity contribution is 5.95. The number of carboxylic acids is 1. The standard InChI is InChI=1S/C30H46O4/c1-25(2)21-8-11-30(7)23(28(21,5)10-9-22(25)32)20(31)16-18-19-17-27(4,24(33)34)13-12-26(19,3)14-15-29(18,30)6/h16,19,21-23,32H,8-15,17H2,1-7H3,(H,33,34)/p-1/t19-,21?,22-,23?,26+,27-,28-,29+,30+/m0/s1. The van der Waals surface area contributed by atoms with Crippen molar-refractivity contribution in [3.63, 3.8) is 0 Å². The number of allylic oxidation sites excluding steroid dienone is 2. The molecule has 0 aromatic heterocycles. The molecule has 0 spiro atoms. The van der Waals surface area contributed by atoms with Crippen LogP contribution in [0, 0.1) is 50.2 Å². The van der Waals surface area contributed by atoms with Gasteiger partial charge in [-0.3, -0.25) is 4.79 Å². The summed E-state index contributed by atoms with van der Waals surface area (Å²) in [6.07, 6.45) is 9.69. The molecule has 0 heterocycles. The second-order valence-corrected chi connectivity index (χ2v) is 14.9. The summed E-state index contributed by atoms with van der Waals surface area (Å²) >= 11 is 0. The number of fused-ring (bicyclic) bond motifs is 7. The molecule has 0 aliphatic heterocycles. The van der Waals surface area contributed by atoms with Crippen molar-refractivity contribution in [1.29, 1.82) is 0 Å². The molecule has 190 valence electrons. The lowest BCUT2D eigenvalue weighted by molar-refractivity contribution is -0.321. The van der Waals surface area contributed by atoms with Crippen molar-refractivity contribution in [2.24, 2.45) is 50.2 Å². The van der Waals surface area contributed by atoms with Crippen molar-refractivity contribution in [3.05, 3.63) is 11.6 Å². The van der Waals surface area contributed by atoms with Gasteiger partial charge in [0.25, 0.3) is 0 Å². The zero-order chi connectivity index (χ0) is 25.1. The number of aliphatic hydroxyl groups is 1. The van der Waals surface area contributed by atoms with E-state index in [9.17, 15) is 19.8 Å². The van der Waals surface area contributed by atoms with Gasteiger partial charge in [-0.05, 0) is 103 Å². The monoisotopic (exact) mass is 469 g/mol. The normalized spacial score (nSPS) is 54.1. The van der Waals surface area contributed by atoms with Crippen LogP contribution in [0.25, 0.3) is 0 Å². The molecular formula is C30H45O4-. The molecule has 5 rings (SSSR count). The Morgan fingerprint density at radius 3 is 2.24 bits per heavy atom. The van der Waals surface area contributed by atoms with Crippen LogP contribution >= 0.6 is 0 Å². The summed E-state index contributed by atoms with van der Waals surface area (Å²) in [6, 6.07) is 0. The van der Waals surface area contributed by atoms with E-state index in [1.807, 2.05) is 13.0 Å². The molecule has 34 heavy (non-hydrogen) atoms. The van der Waals surface area contributed by atoms with Gasteiger partial charge in [0.15, 0.2) is 5.78 Å². The summed E-state index contributed by atoms with van der Waals surface area (Å²) in [5.74, 6) is -0.266. The molecule has 4 heteroatoms. The average Bonchev–Trinajstić information content (AvgIpc) is 2.73. The smallest absolute Gasteiger partial charge is 0.159 e. The van der Waals surface area contributed by atoms with Crippen LogP contribution in [0.5, 0.6) is 0 Å². The van der Waals surface area contributed by atoms with Crippen molar-refractivity contribution in [3.8, 4) is 0 Å². The Kier molecular flexibility index (Phi) is 5.04. The first kappa shape index (κ1) is 24.5. The van der Waals surface area contributed by atoms with Crippen LogP contribution in [0.3, 0.4) is 0 Å². The molecule has 9 atom stereocenters. The molecule has 0 radical (unpaired) electrons. The third-order valence-electron chi connectivity index (χ3n) is 13.0. The first-order valence-corrected chi connectivity index (χ1v) is 13.7. The highest BCUT2D eigenvalue weighted by Crippen LogP contribution is 2.75. The van der Waals surface area contributed by atoms with E-state index >= 15 is 0 Å². The zero-order valence-electron chi connectivity index (χ0n) is 22.4. The van der Waals surface area contributed by atoms with Gasteiger partial charge in [-0.15, -0.1) is 0 Å². The first-order valence-electron chi connectivity index (χ1n) is 13.7. The fourth-order valence-corrected chi connectivity index (χ4v) is 10.4. The topological polar surface area (TPSA) is 77.4 Å². The summed E-state index contributed by atoms with van der Waals surface area (Å²) in [7, 11) is 0. The minimum absolute atomic E-state index is 0.0419. The lowest BCUT2D eigenvalue weighted by Crippen LogP contribution is -2.66. The van der Waals surface area contributed by atoms with Crippen LogP contribution in [0.15, 0.2) is 11.6 Å². The Morgan fingerprint density at radius 2 is 1.59 bits per heavy atom. The van der Waals surface area contributed by atoms with Crippen LogP contribution in [0.2, 0.25) is 0 Å². The summed E-state index contributed by atoms with van der Waals surface area (Å²) < 4.78 is 0. The lowest BCUT2D eigenvalue weighted by atomic mass is 9.33. The molecule has 0 saturated heterocycles. The van der Waals surface area contributed by atoms with Crippen LogP contribution in [0.1, 0.15) is 106 Å². The summed E-state index contributed by atoms with van der Waals surface area (Å²) in [4.78, 5) is 26.3. The molecule has 0 aromatic carbocycles. The second-order valence-electron chi connectivity index (χ2n) is 14.9. The Morgan fingerprint density at radius 1 is 0.941 bits per heavy atom. The Bertz CT molecular complexity index is 965. The molecule has 4 nitrogen and oxygen atoms in total. The van der Waals surface area contributed by atoms with E-state index in [4.69, 9.17) is 0 Å². The SMILES string of the molecule is CC1(C)C2CC[C@]3(C)C(C(=O)C=C4[C@@H]5C[C@@](C)(C(=O)[O-])CC[C@]5(C)CC[C@]43C)[C@@]2(C)CC[C@@H]1O. The van der Waals surface area contributed by atoms with E-state index in [-0.39, 0.29) is 50.8 Å². The molecule has 5 aliphatic carbocycles. The average molecular weight is 470 g/mol. The van der Waals surface area contributed by atoms with Gasteiger partial charge >= 0.3 is 0 Å². The van der Waals surface area contributed by atoms with Gasteiger partial charge in [0.05, 0.1) is 6.10 Å². The predicted octanol–water partition coefficient (Wildman–Crippen LogP) is 5.08. The third-order valence-corrected chi connectivity index (χ3v) is 13.0. The van der Waals surface area contributed by atoms with Gasteiger partial charge in [-0.25, -0.2) is 0 Å². The quantitative estimate of drug-likeness (QED) is 0.581. The number of hydrogen-bond donors (Lipinski definition) is 1. The third kappa shape index (κ3) is 2.81. The predicted molar refractivity (Wildman–Crippen MR) is 130 cm³/mol. The van der Waals surface area contributed by atoms with Crippen molar-refractivity contribution in [1.82, 2.24) is 0 Å². The van der Waals surface area contributed by atoms with Crippen molar-refractivity contribution in [2.45, 2.75) is 112 Å². The summed E-state index contributed by atoms with van der Waals surface area (Å²) in [6.45, 7) is 15.7. The maximum absolute atomic E-state index is 14.2. The summed E-state index contributed by atoms with van der Waals surface area (Å²) in [5, 5.41) is 23.0. The van der Waals surface area contributed by atoms with Crippen molar-refractivity contribution < 1.29 is 19.8 Å². The van der Waals surface area contributed by atoms with Gasteiger partial charge < -0.3 is 15.0 Å². The molecule has 4 fully saturated rings. The van der Waals surface area contributed by atoms with Gasteiger partial charge in [0.2, 0.25) is 0 Å². The number of ketones is 1. The maximum atomic E-state index is 14.2. The molecule has 4 saturated carbocycles. The maximum Gasteiger partial charge on any atom is 0.159 e. The number of hydrogen-bond acceptors (Lipinski definition) is 4. The van der Waals surface area contributed by atoms with E-state index < -0.39 is 11.4 Å². The largest absolute Gasteiger partial charge is 0.550 e. The zero-order valence-corrected chi connectivity index (χ0v) is 22.4. The molecule has 0 amide bonds. The van der Waals surface area contributed by atoms with Gasteiger partial charge in [0, 0.05) is 17.3 Å². The van der Waals surface area contributed by atoms with Gasteiger partial charge in [-0.1, -0.05) is 54.0 Å². The van der Waals surface area contributed by atoms with E-state index in [2.05, 4.69) is 41.5 Å². The Labute approximate surface area is 206 Å². The number of carboxylic acid groups (broad SMARTS) is 1. The minimum atomic E-state index is -0.940. The second kappa shape index (κ2) is 6.99. The van der Waals surface area contributed by atoms with Gasteiger partial charge in [0.1, 0.15) is 0 Å². The lowest BCUT2D eigenvalue weighted by Gasteiger charge is -2.70. The summed E-state index contributed by atoms with van der Waals surface area (Å²) in [5.41, 5.74) is -0.0781. The Hall–Kier alpha value is -1.16. The molecule has 0 aromatic rings. The van der Waals surface area contributed by atoms with Crippen LogP contribution in [-0.2, 0) is 9.59 Å². The van der Waals surface area contributed by atoms with Gasteiger partial charge in [-0.2, -0.15) is 0 Å². The number of rotatable bonds is 1. The molecule has 2 unspecified atom stereocenters. The fourth-order valence-electron chi connectivity index (χ4n) is 10.4. The van der Waals surface area contributed by atoms with Crippen LogP contribution in [0.4, 0.5) is 0 Å². The number of carbonyl (C=O) groups is 2. The fraction of sp³-hybridized carbons (Fsp3) is 0.867. The number of aliphatic carboxylic acids is 1. The van der Waals surface area contributed by atoms with E-state index in [1.165, 1.54) is 5.57 Å². The van der Waals surface area contributed by atoms with E-state index in [0.29, 0.717) is 18.8 Å². The first-order chi connectivity index (χ1) is 15.6. The van der Waals surface area contributed by atoms with Crippen molar-refractivity contribution in [2.75, 3.05) is 0 Å². The van der Waals surface area contributed by atoms with Crippen LogP contribution < -0.4 is 5.11 Å². The minimum Gasteiger partial charge on any atom is -0.550 e. The van der Waals surface area contributed by atoms with E-state index in [0.717, 1.165) is 44.9 Å². The molecule has 1 N–H and O–H groups in total. The molecular weight excluding hydrogens is 424 g/mol. The number of carbonyl (C=O) groups excluding carboxylic acids is 2. The highest BCUT2D eigenvalue weighted by atomic mass is 16.4.